The number of ketones is 1. The predicted octanol–water partition coefficient (Wildman–Crippen LogP) is 3.81. The molecule has 0 unspecified atom stereocenters. The Labute approximate surface area is 98.4 Å². The van der Waals surface area contributed by atoms with Crippen molar-refractivity contribution in [3.05, 3.63) is 24.0 Å². The Morgan fingerprint density at radius 3 is 2.71 bits per heavy atom. The Hall–Kier alpha value is -1.26. The molecule has 2 nitrogen and oxygen atoms in total. The summed E-state index contributed by atoms with van der Waals surface area (Å²) >= 11 is 0. The van der Waals surface area contributed by atoms with E-state index in [0.717, 1.165) is 6.42 Å². The van der Waals surface area contributed by atoms with Gasteiger partial charge < -0.3 is 4.57 Å². The normalized spacial score (nSPS) is 11.8. The maximum Gasteiger partial charge on any atom is 0.389 e. The molecule has 0 aliphatic heterocycles. The highest BCUT2D eigenvalue weighted by molar-refractivity contribution is 5.95. The van der Waals surface area contributed by atoms with Gasteiger partial charge in [-0.1, -0.05) is 6.92 Å². The quantitative estimate of drug-likeness (QED) is 0.700. The van der Waals surface area contributed by atoms with E-state index in [1.165, 1.54) is 0 Å². The van der Waals surface area contributed by atoms with Gasteiger partial charge in [0.05, 0.1) is 0 Å². The lowest BCUT2D eigenvalue weighted by molar-refractivity contribution is -0.135. The molecule has 1 heterocycles. The standard InChI is InChI=1S/C12H16F3NO/c1-2-4-11(17)10-5-8-16(9-10)7-3-6-12(13,14)15/h5,8-9H,2-4,6-7H2,1H3. The molecule has 0 amide bonds. The van der Waals surface area contributed by atoms with Crippen molar-refractivity contribution in [3.8, 4) is 0 Å². The summed E-state index contributed by atoms with van der Waals surface area (Å²) in [5, 5.41) is 0. The number of alkyl halides is 3. The summed E-state index contributed by atoms with van der Waals surface area (Å²) < 4.78 is 37.4. The van der Waals surface area contributed by atoms with Gasteiger partial charge >= 0.3 is 6.18 Å². The Morgan fingerprint density at radius 1 is 1.41 bits per heavy atom. The number of hydrogen-bond acceptors (Lipinski definition) is 1. The van der Waals surface area contributed by atoms with Crippen molar-refractivity contribution in [1.82, 2.24) is 4.57 Å². The molecule has 0 N–H and O–H groups in total. The van der Waals surface area contributed by atoms with Gasteiger partial charge in [-0.15, -0.1) is 0 Å². The van der Waals surface area contributed by atoms with Crippen LogP contribution in [0.25, 0.3) is 0 Å². The van der Waals surface area contributed by atoms with E-state index in [2.05, 4.69) is 0 Å². The summed E-state index contributed by atoms with van der Waals surface area (Å²) in [4.78, 5) is 11.5. The third kappa shape index (κ3) is 5.06. The van der Waals surface area contributed by atoms with Gasteiger partial charge in [-0.05, 0) is 18.9 Å². The number of hydrogen-bond donors (Lipinski definition) is 0. The Kier molecular flexibility index (Phi) is 4.78. The molecule has 1 rings (SSSR count). The molecule has 0 fully saturated rings. The first-order valence-electron chi connectivity index (χ1n) is 5.68. The number of carbonyl (C=O) groups excluding carboxylic acids is 1. The summed E-state index contributed by atoms with van der Waals surface area (Å²) in [5.74, 6) is 0.0436. The van der Waals surface area contributed by atoms with Crippen molar-refractivity contribution in [2.75, 3.05) is 0 Å². The van der Waals surface area contributed by atoms with Crippen LogP contribution < -0.4 is 0 Å². The van der Waals surface area contributed by atoms with Crippen molar-refractivity contribution in [1.29, 1.82) is 0 Å². The van der Waals surface area contributed by atoms with E-state index < -0.39 is 12.6 Å². The molecule has 0 aliphatic rings. The fourth-order valence-electron chi connectivity index (χ4n) is 1.58. The van der Waals surface area contributed by atoms with Gasteiger partial charge in [0.25, 0.3) is 0 Å². The van der Waals surface area contributed by atoms with Gasteiger partial charge in [0.15, 0.2) is 5.78 Å². The van der Waals surface area contributed by atoms with Gasteiger partial charge in [0, 0.05) is 37.3 Å². The molecule has 1 aromatic rings. The summed E-state index contributed by atoms with van der Waals surface area (Å²) in [6, 6.07) is 1.66. The Bertz CT molecular complexity index is 368. The largest absolute Gasteiger partial charge is 0.389 e. The van der Waals surface area contributed by atoms with Crippen LogP contribution in [0.1, 0.15) is 43.0 Å². The predicted molar refractivity (Wildman–Crippen MR) is 59.0 cm³/mol. The molecular formula is C12H16F3NO. The molecule has 0 saturated heterocycles. The lowest BCUT2D eigenvalue weighted by Crippen LogP contribution is -2.08. The monoisotopic (exact) mass is 247 g/mol. The summed E-state index contributed by atoms with van der Waals surface area (Å²) in [5.41, 5.74) is 0.582. The topological polar surface area (TPSA) is 22.0 Å². The molecule has 0 aliphatic carbocycles. The van der Waals surface area contributed by atoms with E-state index in [-0.39, 0.29) is 12.2 Å². The number of Topliss-reactive ketones (excluding diaryl/α,β-unsaturated/α-hetero) is 1. The lowest BCUT2D eigenvalue weighted by atomic mass is 10.1. The maximum absolute atomic E-state index is 11.9. The highest BCUT2D eigenvalue weighted by Crippen LogP contribution is 2.21. The molecular weight excluding hydrogens is 231 g/mol. The van der Waals surface area contributed by atoms with Crippen LogP contribution in [0.3, 0.4) is 0 Å². The molecule has 0 spiro atoms. The minimum atomic E-state index is -4.10. The van der Waals surface area contributed by atoms with E-state index in [1.54, 1.807) is 23.0 Å². The van der Waals surface area contributed by atoms with Gasteiger partial charge in [-0.3, -0.25) is 4.79 Å². The lowest BCUT2D eigenvalue weighted by Gasteiger charge is -2.06. The third-order valence-electron chi connectivity index (χ3n) is 2.43. The number of aryl methyl sites for hydroxylation is 1. The van der Waals surface area contributed by atoms with Crippen LogP contribution in [0.15, 0.2) is 18.5 Å². The van der Waals surface area contributed by atoms with E-state index >= 15 is 0 Å². The second kappa shape index (κ2) is 5.89. The molecule has 0 saturated carbocycles. The van der Waals surface area contributed by atoms with Crippen molar-refractivity contribution in [3.63, 3.8) is 0 Å². The first-order chi connectivity index (χ1) is 7.92. The maximum atomic E-state index is 11.9. The van der Waals surface area contributed by atoms with E-state index in [0.29, 0.717) is 18.5 Å². The molecule has 1 aromatic heterocycles. The number of rotatable bonds is 6. The highest BCUT2D eigenvalue weighted by atomic mass is 19.4. The number of aromatic nitrogens is 1. The van der Waals surface area contributed by atoms with Crippen molar-refractivity contribution in [2.45, 2.75) is 45.3 Å². The van der Waals surface area contributed by atoms with Crippen LogP contribution in [0.5, 0.6) is 0 Å². The zero-order valence-electron chi connectivity index (χ0n) is 9.76. The summed E-state index contributed by atoms with van der Waals surface area (Å²) in [6.45, 7) is 2.21. The highest BCUT2D eigenvalue weighted by Gasteiger charge is 2.25. The van der Waals surface area contributed by atoms with Crippen molar-refractivity contribution < 1.29 is 18.0 Å². The fourth-order valence-corrected chi connectivity index (χ4v) is 1.58. The Morgan fingerprint density at radius 2 is 2.12 bits per heavy atom. The van der Waals surface area contributed by atoms with E-state index in [1.807, 2.05) is 6.92 Å². The average Bonchev–Trinajstić information content (AvgIpc) is 2.65. The molecule has 17 heavy (non-hydrogen) atoms. The fraction of sp³-hybridized carbons (Fsp3) is 0.583. The minimum Gasteiger partial charge on any atom is -0.354 e. The second-order valence-electron chi connectivity index (χ2n) is 4.03. The minimum absolute atomic E-state index is 0.0413. The summed E-state index contributed by atoms with van der Waals surface area (Å²) in [7, 11) is 0. The first kappa shape index (κ1) is 13.8. The first-order valence-corrected chi connectivity index (χ1v) is 5.68. The second-order valence-corrected chi connectivity index (χ2v) is 4.03. The van der Waals surface area contributed by atoms with Gasteiger partial charge in [0.2, 0.25) is 0 Å². The number of halogens is 3. The molecule has 0 bridgehead atoms. The average molecular weight is 247 g/mol. The van der Waals surface area contributed by atoms with Gasteiger partial charge in [-0.25, -0.2) is 0 Å². The van der Waals surface area contributed by atoms with Crippen LogP contribution in [0.2, 0.25) is 0 Å². The molecule has 0 aromatic carbocycles. The van der Waals surface area contributed by atoms with Crippen molar-refractivity contribution >= 4 is 5.78 Å². The zero-order chi connectivity index (χ0) is 12.9. The van der Waals surface area contributed by atoms with E-state index in [4.69, 9.17) is 0 Å². The van der Waals surface area contributed by atoms with Gasteiger partial charge in [0.1, 0.15) is 0 Å². The zero-order valence-corrected chi connectivity index (χ0v) is 9.76. The number of carbonyl (C=O) groups is 1. The smallest absolute Gasteiger partial charge is 0.354 e. The van der Waals surface area contributed by atoms with Crippen LogP contribution in [0.4, 0.5) is 13.2 Å². The van der Waals surface area contributed by atoms with Gasteiger partial charge in [-0.2, -0.15) is 13.2 Å². The van der Waals surface area contributed by atoms with Crippen molar-refractivity contribution in [2.24, 2.45) is 0 Å². The molecule has 0 atom stereocenters. The van der Waals surface area contributed by atoms with E-state index in [9.17, 15) is 18.0 Å². The molecule has 5 heteroatoms. The SMILES string of the molecule is CCCC(=O)c1ccn(CCCC(F)(F)F)c1. The van der Waals surface area contributed by atoms with Crippen LogP contribution in [0, 0.1) is 0 Å². The van der Waals surface area contributed by atoms with Crippen LogP contribution in [-0.2, 0) is 6.54 Å². The van der Waals surface area contributed by atoms with Crippen LogP contribution >= 0.6 is 0 Å². The summed E-state index contributed by atoms with van der Waals surface area (Å²) in [6.07, 6.45) is -0.324. The third-order valence-corrected chi connectivity index (χ3v) is 2.43. The molecule has 0 radical (unpaired) electrons. The number of nitrogens with zero attached hydrogens (tertiary/aromatic N) is 1. The van der Waals surface area contributed by atoms with Crippen LogP contribution in [-0.4, -0.2) is 16.5 Å². The molecule has 96 valence electrons. The Balaban J connectivity index is 2.43.